The summed E-state index contributed by atoms with van der Waals surface area (Å²) in [6, 6.07) is 11.8. The topological polar surface area (TPSA) is 63.1 Å². The van der Waals surface area contributed by atoms with Crippen LogP contribution in [0.5, 0.6) is 5.75 Å². The van der Waals surface area contributed by atoms with E-state index in [2.05, 4.69) is 9.97 Å². The lowest BCUT2D eigenvalue weighted by molar-refractivity contribution is 0.0936. The fourth-order valence-corrected chi connectivity index (χ4v) is 3.47. The van der Waals surface area contributed by atoms with Crippen LogP contribution in [-0.2, 0) is 6.54 Å². The monoisotopic (exact) mass is 339 g/mol. The molecular formula is C18H17N3O2S. The Labute approximate surface area is 143 Å². The van der Waals surface area contributed by atoms with Gasteiger partial charge < -0.3 is 19.4 Å². The van der Waals surface area contributed by atoms with Gasteiger partial charge in [-0.1, -0.05) is 12.1 Å². The number of fused-ring (bicyclic) bond motifs is 1. The number of hydrogen-bond acceptors (Lipinski definition) is 4. The molecule has 0 saturated carbocycles. The lowest BCUT2D eigenvalue weighted by Gasteiger charge is -2.15. The van der Waals surface area contributed by atoms with E-state index in [-0.39, 0.29) is 6.61 Å². The molecule has 3 heterocycles. The Morgan fingerprint density at radius 1 is 1.25 bits per heavy atom. The van der Waals surface area contributed by atoms with Gasteiger partial charge in [0.1, 0.15) is 24.3 Å². The first-order valence-electron chi connectivity index (χ1n) is 7.73. The van der Waals surface area contributed by atoms with Gasteiger partial charge in [0.2, 0.25) is 0 Å². The molecule has 0 saturated heterocycles. The second-order valence-corrected chi connectivity index (χ2v) is 6.49. The van der Waals surface area contributed by atoms with Crippen LogP contribution in [-0.4, -0.2) is 32.4 Å². The lowest BCUT2D eigenvalue weighted by atomic mass is 10.2. The quantitative estimate of drug-likeness (QED) is 0.565. The molecule has 5 nitrogen and oxygen atoms in total. The van der Waals surface area contributed by atoms with Crippen molar-refractivity contribution in [3.8, 4) is 16.5 Å². The third kappa shape index (κ3) is 2.93. The Hall–Kier alpha value is -2.57. The van der Waals surface area contributed by atoms with Gasteiger partial charge >= 0.3 is 0 Å². The molecule has 6 heteroatoms. The lowest BCUT2D eigenvalue weighted by Crippen LogP contribution is -2.23. The minimum Gasteiger partial charge on any atom is -0.490 e. The Kier molecular flexibility index (Phi) is 4.06. The van der Waals surface area contributed by atoms with Crippen molar-refractivity contribution in [2.45, 2.75) is 12.6 Å². The summed E-state index contributed by atoms with van der Waals surface area (Å²) in [4.78, 5) is 8.62. The van der Waals surface area contributed by atoms with Crippen molar-refractivity contribution < 1.29 is 9.84 Å². The van der Waals surface area contributed by atoms with Crippen molar-refractivity contribution in [3.63, 3.8) is 0 Å². The maximum atomic E-state index is 10.3. The van der Waals surface area contributed by atoms with Crippen LogP contribution in [0.25, 0.3) is 21.6 Å². The van der Waals surface area contributed by atoms with Crippen LogP contribution in [0.3, 0.4) is 0 Å². The zero-order valence-electron chi connectivity index (χ0n) is 12.9. The summed E-state index contributed by atoms with van der Waals surface area (Å²) in [6.07, 6.45) is 4.90. The largest absolute Gasteiger partial charge is 0.490 e. The molecule has 0 radical (unpaired) electrons. The number of H-pyrrole nitrogens is 1. The highest BCUT2D eigenvalue weighted by molar-refractivity contribution is 7.13. The van der Waals surface area contributed by atoms with Crippen molar-refractivity contribution in [3.05, 3.63) is 60.4 Å². The number of imidazole rings is 1. The van der Waals surface area contributed by atoms with Gasteiger partial charge in [-0.3, -0.25) is 0 Å². The molecule has 0 amide bonds. The van der Waals surface area contributed by atoms with Crippen molar-refractivity contribution >= 4 is 22.2 Å². The van der Waals surface area contributed by atoms with Crippen LogP contribution < -0.4 is 4.74 Å². The predicted molar refractivity (Wildman–Crippen MR) is 95.3 cm³/mol. The van der Waals surface area contributed by atoms with Gasteiger partial charge in [-0.15, -0.1) is 11.3 Å². The predicted octanol–water partition coefficient (Wildman–Crippen LogP) is 3.53. The van der Waals surface area contributed by atoms with E-state index in [4.69, 9.17) is 4.74 Å². The summed E-state index contributed by atoms with van der Waals surface area (Å²) in [5, 5.41) is 13.4. The smallest absolute Gasteiger partial charge is 0.150 e. The number of rotatable bonds is 6. The SMILES string of the molecule is OC(COc1cccc2[nH]ccc12)Cn1ccnc1-c1cccs1. The average molecular weight is 339 g/mol. The van der Waals surface area contributed by atoms with Gasteiger partial charge in [-0.25, -0.2) is 4.98 Å². The van der Waals surface area contributed by atoms with E-state index in [0.29, 0.717) is 6.54 Å². The van der Waals surface area contributed by atoms with E-state index in [1.807, 2.05) is 58.7 Å². The average Bonchev–Trinajstić information content (AvgIpc) is 3.32. The summed E-state index contributed by atoms with van der Waals surface area (Å²) in [7, 11) is 0. The zero-order chi connectivity index (χ0) is 16.4. The summed E-state index contributed by atoms with van der Waals surface area (Å²) >= 11 is 1.63. The number of aliphatic hydroxyl groups excluding tert-OH is 1. The third-order valence-electron chi connectivity index (χ3n) is 3.85. The molecule has 4 rings (SSSR count). The van der Waals surface area contributed by atoms with Crippen LogP contribution in [0, 0.1) is 0 Å². The van der Waals surface area contributed by atoms with E-state index >= 15 is 0 Å². The van der Waals surface area contributed by atoms with Crippen LogP contribution in [0.2, 0.25) is 0 Å². The molecule has 3 aromatic heterocycles. The normalized spacial score (nSPS) is 12.5. The minimum absolute atomic E-state index is 0.229. The zero-order valence-corrected chi connectivity index (χ0v) is 13.7. The van der Waals surface area contributed by atoms with Crippen molar-refractivity contribution in [2.75, 3.05) is 6.61 Å². The summed E-state index contributed by atoms with van der Waals surface area (Å²) < 4.78 is 7.77. The molecule has 1 atom stereocenters. The molecule has 2 N–H and O–H groups in total. The first-order valence-corrected chi connectivity index (χ1v) is 8.61. The van der Waals surface area contributed by atoms with Gasteiger partial charge in [0.05, 0.1) is 11.4 Å². The molecule has 24 heavy (non-hydrogen) atoms. The Morgan fingerprint density at radius 3 is 3.08 bits per heavy atom. The number of nitrogens with zero attached hydrogens (tertiary/aromatic N) is 2. The number of aliphatic hydroxyl groups is 1. The second kappa shape index (κ2) is 6.51. The maximum Gasteiger partial charge on any atom is 0.150 e. The first kappa shape index (κ1) is 15.0. The number of hydrogen-bond donors (Lipinski definition) is 2. The molecular weight excluding hydrogens is 322 g/mol. The number of benzene rings is 1. The summed E-state index contributed by atoms with van der Waals surface area (Å²) in [5.41, 5.74) is 1.02. The second-order valence-electron chi connectivity index (χ2n) is 5.54. The molecule has 0 aliphatic carbocycles. The standard InChI is InChI=1S/C18H17N3O2S/c22-13(11-21-9-8-20-18(21)17-5-2-10-24-17)12-23-16-4-1-3-15-14(16)6-7-19-15/h1-10,13,19,22H,11-12H2. The van der Waals surface area contributed by atoms with E-state index in [0.717, 1.165) is 27.4 Å². The molecule has 1 unspecified atom stereocenters. The Bertz CT molecular complexity index is 927. The van der Waals surface area contributed by atoms with E-state index in [1.54, 1.807) is 17.5 Å². The molecule has 1 aromatic carbocycles. The van der Waals surface area contributed by atoms with Crippen LogP contribution >= 0.6 is 11.3 Å². The molecule has 0 aliphatic rings. The minimum atomic E-state index is -0.618. The Balaban J connectivity index is 1.44. The molecule has 0 bridgehead atoms. The van der Waals surface area contributed by atoms with Gasteiger partial charge in [0.25, 0.3) is 0 Å². The highest BCUT2D eigenvalue weighted by Gasteiger charge is 2.12. The van der Waals surface area contributed by atoms with Crippen molar-refractivity contribution in [1.82, 2.24) is 14.5 Å². The van der Waals surface area contributed by atoms with E-state index in [1.165, 1.54) is 0 Å². The fourth-order valence-electron chi connectivity index (χ4n) is 2.74. The van der Waals surface area contributed by atoms with Crippen molar-refractivity contribution in [1.29, 1.82) is 0 Å². The van der Waals surface area contributed by atoms with Crippen molar-refractivity contribution in [2.24, 2.45) is 0 Å². The fraction of sp³-hybridized carbons (Fsp3) is 0.167. The maximum absolute atomic E-state index is 10.3. The van der Waals surface area contributed by atoms with E-state index < -0.39 is 6.10 Å². The van der Waals surface area contributed by atoms with Crippen LogP contribution in [0.4, 0.5) is 0 Å². The summed E-state index contributed by atoms with van der Waals surface area (Å²) in [6.45, 7) is 0.669. The molecule has 0 fully saturated rings. The van der Waals surface area contributed by atoms with Gasteiger partial charge in [-0.2, -0.15) is 0 Å². The summed E-state index contributed by atoms with van der Waals surface area (Å²) in [5.74, 6) is 1.65. The number of nitrogens with one attached hydrogen (secondary N) is 1. The van der Waals surface area contributed by atoms with Gasteiger partial charge in [0, 0.05) is 29.5 Å². The van der Waals surface area contributed by atoms with Gasteiger partial charge in [0.15, 0.2) is 0 Å². The highest BCUT2D eigenvalue weighted by atomic mass is 32.1. The number of thiophene rings is 1. The molecule has 122 valence electrons. The van der Waals surface area contributed by atoms with E-state index in [9.17, 15) is 5.11 Å². The molecule has 0 spiro atoms. The Morgan fingerprint density at radius 2 is 2.21 bits per heavy atom. The number of aromatic nitrogens is 3. The third-order valence-corrected chi connectivity index (χ3v) is 4.72. The van der Waals surface area contributed by atoms with Crippen LogP contribution in [0.1, 0.15) is 0 Å². The number of ether oxygens (including phenoxy) is 1. The molecule has 4 aromatic rings. The number of aromatic amines is 1. The molecule has 0 aliphatic heterocycles. The van der Waals surface area contributed by atoms with Gasteiger partial charge in [-0.05, 0) is 29.6 Å². The van der Waals surface area contributed by atoms with Crippen LogP contribution in [0.15, 0.2) is 60.4 Å². The highest BCUT2D eigenvalue weighted by Crippen LogP contribution is 2.25. The first-order chi connectivity index (χ1) is 11.8.